The van der Waals surface area contributed by atoms with E-state index in [1.165, 1.54) is 12.1 Å². The fraction of sp³-hybridized carbons (Fsp3) is 0.533. The highest BCUT2D eigenvalue weighted by Gasteiger charge is 2.23. The van der Waals surface area contributed by atoms with E-state index in [9.17, 15) is 9.18 Å². The van der Waals surface area contributed by atoms with E-state index in [-0.39, 0.29) is 17.4 Å². The van der Waals surface area contributed by atoms with Gasteiger partial charge in [0.1, 0.15) is 5.82 Å². The molecule has 0 saturated carbocycles. The van der Waals surface area contributed by atoms with E-state index in [0.29, 0.717) is 30.9 Å². The summed E-state index contributed by atoms with van der Waals surface area (Å²) in [5.41, 5.74) is 6.45. The van der Waals surface area contributed by atoms with Crippen molar-refractivity contribution in [3.8, 4) is 0 Å². The Morgan fingerprint density at radius 1 is 1.43 bits per heavy atom. The lowest BCUT2D eigenvalue weighted by Gasteiger charge is -2.30. The Labute approximate surface area is 125 Å². The molecule has 21 heavy (non-hydrogen) atoms. The van der Waals surface area contributed by atoms with Gasteiger partial charge in [-0.25, -0.2) is 9.18 Å². The van der Waals surface area contributed by atoms with Crippen LogP contribution in [0.5, 0.6) is 0 Å². The molecule has 0 aliphatic carbocycles. The molecular formula is C15H24FN3O2. The third-order valence-corrected chi connectivity index (χ3v) is 3.16. The molecule has 6 heteroatoms. The van der Waals surface area contributed by atoms with E-state index in [1.807, 2.05) is 20.8 Å². The normalized spacial score (nSPS) is 11.1. The van der Waals surface area contributed by atoms with Crippen LogP contribution in [0.3, 0.4) is 0 Å². The molecule has 1 amide bonds. The summed E-state index contributed by atoms with van der Waals surface area (Å²) in [6, 6.07) is 4.20. The fourth-order valence-electron chi connectivity index (χ4n) is 1.52. The first-order valence-corrected chi connectivity index (χ1v) is 6.91. The summed E-state index contributed by atoms with van der Waals surface area (Å²) in [5, 5.41) is 3.08. The summed E-state index contributed by atoms with van der Waals surface area (Å²) in [6.07, 6.45) is 0.296. The molecule has 0 heterocycles. The van der Waals surface area contributed by atoms with Crippen molar-refractivity contribution in [3.05, 3.63) is 24.0 Å². The number of amides is 1. The highest BCUT2D eigenvalue weighted by molar-refractivity contribution is 5.68. The standard InChI is InChI=1S/C15H24FN3O2/c1-15(2,3)19(4)14(20)21-9-5-8-18-13-7-6-11(16)10-12(13)17/h6-7,10,18H,5,8-9,17H2,1-4H3. The van der Waals surface area contributed by atoms with Crippen LogP contribution < -0.4 is 11.1 Å². The van der Waals surface area contributed by atoms with E-state index in [2.05, 4.69) is 5.32 Å². The average Bonchev–Trinajstić information content (AvgIpc) is 2.38. The summed E-state index contributed by atoms with van der Waals surface area (Å²) in [6.45, 7) is 6.71. The summed E-state index contributed by atoms with van der Waals surface area (Å²) in [5.74, 6) is -0.364. The number of nitrogen functional groups attached to an aromatic ring is 1. The van der Waals surface area contributed by atoms with Crippen molar-refractivity contribution in [1.82, 2.24) is 4.90 Å². The van der Waals surface area contributed by atoms with Crippen LogP contribution in [0.25, 0.3) is 0 Å². The molecule has 0 bridgehead atoms. The lowest BCUT2D eigenvalue weighted by Crippen LogP contribution is -2.42. The van der Waals surface area contributed by atoms with Gasteiger partial charge in [0.15, 0.2) is 0 Å². The first-order valence-electron chi connectivity index (χ1n) is 6.91. The monoisotopic (exact) mass is 297 g/mol. The number of benzene rings is 1. The SMILES string of the molecule is CN(C(=O)OCCCNc1ccc(F)cc1N)C(C)(C)C. The number of halogens is 1. The molecule has 0 saturated heterocycles. The van der Waals surface area contributed by atoms with Crippen LogP contribution in [-0.2, 0) is 4.74 Å². The summed E-state index contributed by atoms with van der Waals surface area (Å²) in [7, 11) is 1.71. The molecule has 5 nitrogen and oxygen atoms in total. The summed E-state index contributed by atoms with van der Waals surface area (Å²) in [4.78, 5) is 13.3. The molecule has 0 fully saturated rings. The Hall–Kier alpha value is -1.98. The van der Waals surface area contributed by atoms with Gasteiger partial charge in [-0.1, -0.05) is 0 Å². The largest absolute Gasteiger partial charge is 0.449 e. The summed E-state index contributed by atoms with van der Waals surface area (Å²) >= 11 is 0. The number of carbonyl (C=O) groups excluding carboxylic acids is 1. The van der Waals surface area contributed by atoms with Crippen LogP contribution in [0.1, 0.15) is 27.2 Å². The number of rotatable bonds is 5. The van der Waals surface area contributed by atoms with Gasteiger partial charge in [0.25, 0.3) is 0 Å². The van der Waals surface area contributed by atoms with Crippen molar-refractivity contribution in [1.29, 1.82) is 0 Å². The number of ether oxygens (including phenoxy) is 1. The number of nitrogens with one attached hydrogen (secondary N) is 1. The smallest absolute Gasteiger partial charge is 0.409 e. The number of hydrogen-bond acceptors (Lipinski definition) is 4. The van der Waals surface area contributed by atoms with Gasteiger partial charge in [-0.05, 0) is 45.4 Å². The number of nitrogens with two attached hydrogens (primary N) is 1. The molecule has 0 spiro atoms. The van der Waals surface area contributed by atoms with Crippen molar-refractivity contribution in [2.45, 2.75) is 32.7 Å². The van der Waals surface area contributed by atoms with Crippen molar-refractivity contribution >= 4 is 17.5 Å². The van der Waals surface area contributed by atoms with Gasteiger partial charge in [0.05, 0.1) is 18.0 Å². The van der Waals surface area contributed by atoms with Gasteiger partial charge in [-0.15, -0.1) is 0 Å². The Bertz CT molecular complexity index is 486. The highest BCUT2D eigenvalue weighted by Crippen LogP contribution is 2.18. The quantitative estimate of drug-likeness (QED) is 0.647. The second-order valence-electron chi connectivity index (χ2n) is 5.86. The maximum Gasteiger partial charge on any atom is 0.409 e. The predicted octanol–water partition coefficient (Wildman–Crippen LogP) is 3.08. The van der Waals surface area contributed by atoms with Gasteiger partial charge in [0.2, 0.25) is 0 Å². The van der Waals surface area contributed by atoms with Crippen LogP contribution in [0.4, 0.5) is 20.6 Å². The minimum absolute atomic E-state index is 0.266. The van der Waals surface area contributed by atoms with E-state index in [0.717, 1.165) is 0 Å². The van der Waals surface area contributed by atoms with E-state index >= 15 is 0 Å². The van der Waals surface area contributed by atoms with Crippen LogP contribution >= 0.6 is 0 Å². The van der Waals surface area contributed by atoms with Crippen molar-refractivity contribution in [2.24, 2.45) is 0 Å². The predicted molar refractivity (Wildman–Crippen MR) is 82.8 cm³/mol. The zero-order valence-corrected chi connectivity index (χ0v) is 13.1. The second kappa shape index (κ2) is 7.15. The van der Waals surface area contributed by atoms with Crippen LogP contribution in [0.2, 0.25) is 0 Å². The van der Waals surface area contributed by atoms with Crippen LogP contribution in [0, 0.1) is 5.82 Å². The van der Waals surface area contributed by atoms with Gasteiger partial charge in [-0.2, -0.15) is 0 Å². The van der Waals surface area contributed by atoms with Crippen molar-refractivity contribution < 1.29 is 13.9 Å². The third-order valence-electron chi connectivity index (χ3n) is 3.16. The Balaban J connectivity index is 2.27. The molecule has 3 N–H and O–H groups in total. The van der Waals surface area contributed by atoms with Crippen LogP contribution in [-0.4, -0.2) is 36.7 Å². The number of anilines is 2. The topological polar surface area (TPSA) is 67.6 Å². The molecule has 0 unspecified atom stereocenters. The van der Waals surface area contributed by atoms with Gasteiger partial charge < -0.3 is 20.7 Å². The Kier molecular flexibility index (Phi) is 5.81. The zero-order chi connectivity index (χ0) is 16.0. The lowest BCUT2D eigenvalue weighted by molar-refractivity contribution is 0.0811. The molecule has 0 aliphatic rings. The lowest BCUT2D eigenvalue weighted by atomic mass is 10.1. The Morgan fingerprint density at radius 3 is 2.67 bits per heavy atom. The van der Waals surface area contributed by atoms with Crippen molar-refractivity contribution in [3.63, 3.8) is 0 Å². The maximum absolute atomic E-state index is 12.9. The van der Waals surface area contributed by atoms with E-state index in [4.69, 9.17) is 10.5 Å². The molecule has 0 atom stereocenters. The van der Waals surface area contributed by atoms with Gasteiger partial charge >= 0.3 is 6.09 Å². The maximum atomic E-state index is 12.9. The number of carbonyl (C=O) groups is 1. The molecule has 1 rings (SSSR count). The number of hydrogen-bond donors (Lipinski definition) is 2. The first-order chi connectivity index (χ1) is 9.71. The first kappa shape index (κ1) is 17.1. The second-order valence-corrected chi connectivity index (χ2v) is 5.86. The van der Waals surface area contributed by atoms with Crippen LogP contribution in [0.15, 0.2) is 18.2 Å². The Morgan fingerprint density at radius 2 is 2.10 bits per heavy atom. The minimum atomic E-state index is -0.364. The molecule has 1 aromatic rings. The molecular weight excluding hydrogens is 273 g/mol. The molecule has 0 radical (unpaired) electrons. The fourth-order valence-corrected chi connectivity index (χ4v) is 1.52. The molecule has 118 valence electrons. The van der Waals surface area contributed by atoms with Crippen molar-refractivity contribution in [2.75, 3.05) is 31.2 Å². The van der Waals surface area contributed by atoms with E-state index < -0.39 is 0 Å². The molecule has 0 aromatic heterocycles. The third kappa shape index (κ3) is 5.49. The van der Waals surface area contributed by atoms with E-state index in [1.54, 1.807) is 18.0 Å². The molecule has 0 aliphatic heterocycles. The van der Waals surface area contributed by atoms with Gasteiger partial charge in [0, 0.05) is 19.1 Å². The van der Waals surface area contributed by atoms with Gasteiger partial charge in [-0.3, -0.25) is 0 Å². The molecule has 1 aromatic carbocycles. The minimum Gasteiger partial charge on any atom is -0.449 e. The average molecular weight is 297 g/mol. The summed E-state index contributed by atoms with van der Waals surface area (Å²) < 4.78 is 18.1. The highest BCUT2D eigenvalue weighted by atomic mass is 19.1. The zero-order valence-electron chi connectivity index (χ0n) is 13.1. The number of nitrogens with zero attached hydrogens (tertiary/aromatic N) is 1.